The zero-order valence-corrected chi connectivity index (χ0v) is 17.4. The number of hydrogen-bond donors (Lipinski definition) is 1. The second kappa shape index (κ2) is 8.12. The second-order valence-electron chi connectivity index (χ2n) is 8.05. The normalized spacial score (nSPS) is 13.8. The van der Waals surface area contributed by atoms with Crippen LogP contribution < -0.4 is 10.2 Å². The highest BCUT2D eigenvalue weighted by Gasteiger charge is 2.18. The smallest absolute Gasteiger partial charge is 0.251 e. The summed E-state index contributed by atoms with van der Waals surface area (Å²) in [7, 11) is 0. The van der Waals surface area contributed by atoms with Crippen molar-refractivity contribution >= 4 is 11.6 Å². The molecule has 0 aromatic heterocycles. The Bertz CT molecular complexity index is 1020. The average molecular weight is 385 g/mol. The van der Waals surface area contributed by atoms with E-state index in [2.05, 4.69) is 78.7 Å². The molecule has 0 radical (unpaired) electrons. The van der Waals surface area contributed by atoms with E-state index in [1.807, 2.05) is 19.1 Å². The van der Waals surface area contributed by atoms with Gasteiger partial charge in [-0.1, -0.05) is 54.1 Å². The minimum absolute atomic E-state index is 0.0242. The number of carbonyl (C=O) groups excluding carboxylic acids is 1. The van der Waals surface area contributed by atoms with Crippen molar-refractivity contribution < 1.29 is 4.79 Å². The highest BCUT2D eigenvalue weighted by Crippen LogP contribution is 2.28. The molecular weight excluding hydrogens is 356 g/mol. The number of nitrogens with one attached hydrogen (secondary N) is 1. The number of aryl methyl sites for hydroxylation is 2. The SMILES string of the molecule is Cc1ccc([C@H](C)NC(=O)c2ccc(CN3CCc4ccccc43)cc2)c(C)c1. The molecule has 3 aromatic rings. The molecule has 3 nitrogen and oxygen atoms in total. The Labute approximate surface area is 173 Å². The van der Waals surface area contributed by atoms with Gasteiger partial charge in [-0.15, -0.1) is 0 Å². The van der Waals surface area contributed by atoms with Gasteiger partial charge in [0, 0.05) is 24.3 Å². The number of carbonyl (C=O) groups is 1. The summed E-state index contributed by atoms with van der Waals surface area (Å²) in [5, 5.41) is 3.13. The zero-order valence-electron chi connectivity index (χ0n) is 17.4. The van der Waals surface area contributed by atoms with Crippen LogP contribution in [0, 0.1) is 13.8 Å². The van der Waals surface area contributed by atoms with E-state index in [-0.39, 0.29) is 11.9 Å². The maximum absolute atomic E-state index is 12.7. The lowest BCUT2D eigenvalue weighted by molar-refractivity contribution is 0.0940. The lowest BCUT2D eigenvalue weighted by Crippen LogP contribution is -2.27. The van der Waals surface area contributed by atoms with Gasteiger partial charge in [-0.2, -0.15) is 0 Å². The topological polar surface area (TPSA) is 32.3 Å². The lowest BCUT2D eigenvalue weighted by Gasteiger charge is -2.20. The third-order valence-corrected chi connectivity index (χ3v) is 5.81. The fourth-order valence-corrected chi connectivity index (χ4v) is 4.22. The van der Waals surface area contributed by atoms with Crippen LogP contribution >= 0.6 is 0 Å². The summed E-state index contributed by atoms with van der Waals surface area (Å²) in [6.07, 6.45) is 1.10. The Balaban J connectivity index is 1.40. The van der Waals surface area contributed by atoms with Crippen molar-refractivity contribution in [3.63, 3.8) is 0 Å². The van der Waals surface area contributed by atoms with Crippen LogP contribution in [0.25, 0.3) is 0 Å². The minimum atomic E-state index is -0.0319. The van der Waals surface area contributed by atoms with Gasteiger partial charge in [0.05, 0.1) is 6.04 Å². The Kier molecular flexibility index (Phi) is 5.39. The molecule has 1 N–H and O–H groups in total. The van der Waals surface area contributed by atoms with E-state index in [0.717, 1.165) is 25.1 Å². The van der Waals surface area contributed by atoms with Gasteiger partial charge < -0.3 is 10.2 Å². The fraction of sp³-hybridized carbons (Fsp3) is 0.269. The van der Waals surface area contributed by atoms with Gasteiger partial charge in [0.1, 0.15) is 0 Å². The number of para-hydroxylation sites is 1. The molecule has 1 heterocycles. The summed E-state index contributed by atoms with van der Waals surface area (Å²) >= 11 is 0. The molecule has 0 saturated carbocycles. The number of fused-ring (bicyclic) bond motifs is 1. The predicted molar refractivity (Wildman–Crippen MR) is 119 cm³/mol. The van der Waals surface area contributed by atoms with Crippen molar-refractivity contribution in [3.8, 4) is 0 Å². The van der Waals surface area contributed by atoms with Crippen LogP contribution in [-0.4, -0.2) is 12.5 Å². The molecule has 0 saturated heterocycles. The predicted octanol–water partition coefficient (Wildman–Crippen LogP) is 5.36. The van der Waals surface area contributed by atoms with E-state index >= 15 is 0 Å². The van der Waals surface area contributed by atoms with Crippen molar-refractivity contribution in [1.29, 1.82) is 0 Å². The first-order valence-corrected chi connectivity index (χ1v) is 10.3. The van der Waals surface area contributed by atoms with Crippen LogP contribution in [0.3, 0.4) is 0 Å². The first kappa shape index (κ1) is 19.3. The van der Waals surface area contributed by atoms with Gasteiger partial charge in [0.15, 0.2) is 0 Å². The molecule has 0 unspecified atom stereocenters. The van der Waals surface area contributed by atoms with Crippen LogP contribution in [0.5, 0.6) is 0 Å². The number of nitrogens with zero attached hydrogens (tertiary/aromatic N) is 1. The number of hydrogen-bond acceptors (Lipinski definition) is 2. The molecular formula is C26H28N2O. The van der Waals surface area contributed by atoms with Crippen LogP contribution in [0.15, 0.2) is 66.7 Å². The van der Waals surface area contributed by atoms with E-state index in [4.69, 9.17) is 0 Å². The summed E-state index contributed by atoms with van der Waals surface area (Å²) in [5.74, 6) is -0.0319. The fourth-order valence-electron chi connectivity index (χ4n) is 4.22. The summed E-state index contributed by atoms with van der Waals surface area (Å²) in [4.78, 5) is 15.1. The van der Waals surface area contributed by atoms with Crippen LogP contribution in [-0.2, 0) is 13.0 Å². The van der Waals surface area contributed by atoms with Crippen molar-refractivity contribution in [3.05, 3.63) is 100 Å². The third-order valence-electron chi connectivity index (χ3n) is 5.81. The maximum atomic E-state index is 12.7. The largest absolute Gasteiger partial charge is 0.367 e. The van der Waals surface area contributed by atoms with E-state index < -0.39 is 0 Å². The van der Waals surface area contributed by atoms with Crippen LogP contribution in [0.1, 0.15) is 51.1 Å². The van der Waals surface area contributed by atoms with Crippen molar-refractivity contribution in [1.82, 2.24) is 5.32 Å². The van der Waals surface area contributed by atoms with Crippen molar-refractivity contribution in [2.45, 2.75) is 39.8 Å². The van der Waals surface area contributed by atoms with E-state index in [9.17, 15) is 4.79 Å². The molecule has 1 amide bonds. The summed E-state index contributed by atoms with van der Waals surface area (Å²) in [6.45, 7) is 8.14. The molecule has 3 heteroatoms. The molecule has 0 aliphatic carbocycles. The van der Waals surface area contributed by atoms with Crippen LogP contribution in [0.4, 0.5) is 5.69 Å². The van der Waals surface area contributed by atoms with Crippen molar-refractivity contribution in [2.75, 3.05) is 11.4 Å². The quantitative estimate of drug-likeness (QED) is 0.642. The Morgan fingerprint density at radius 1 is 1.03 bits per heavy atom. The molecule has 148 valence electrons. The summed E-state index contributed by atoms with van der Waals surface area (Å²) < 4.78 is 0. The molecule has 0 spiro atoms. The van der Waals surface area contributed by atoms with Gasteiger partial charge in [-0.05, 0) is 67.6 Å². The minimum Gasteiger partial charge on any atom is -0.367 e. The van der Waals surface area contributed by atoms with Gasteiger partial charge in [-0.3, -0.25) is 4.79 Å². The molecule has 0 bridgehead atoms. The molecule has 4 rings (SSSR count). The molecule has 1 atom stereocenters. The number of rotatable bonds is 5. The molecule has 3 aromatic carbocycles. The molecule has 29 heavy (non-hydrogen) atoms. The molecule has 1 aliphatic heterocycles. The van der Waals surface area contributed by atoms with Gasteiger partial charge >= 0.3 is 0 Å². The zero-order chi connectivity index (χ0) is 20.4. The Morgan fingerprint density at radius 3 is 2.55 bits per heavy atom. The monoisotopic (exact) mass is 384 g/mol. The van der Waals surface area contributed by atoms with E-state index in [0.29, 0.717) is 5.56 Å². The average Bonchev–Trinajstić information content (AvgIpc) is 3.11. The first-order valence-electron chi connectivity index (χ1n) is 10.3. The van der Waals surface area contributed by atoms with E-state index in [1.165, 1.54) is 27.9 Å². The standard InChI is InChI=1S/C26H28N2O/c1-18-8-13-24(19(2)16-18)20(3)27-26(29)23-11-9-21(10-12-23)17-28-15-14-22-6-4-5-7-25(22)28/h4-13,16,20H,14-15,17H2,1-3H3,(H,27,29)/t20-/m0/s1. The Morgan fingerprint density at radius 2 is 1.79 bits per heavy atom. The Hall–Kier alpha value is -3.07. The van der Waals surface area contributed by atoms with Crippen LogP contribution in [0.2, 0.25) is 0 Å². The van der Waals surface area contributed by atoms with Gasteiger partial charge in [0.25, 0.3) is 5.91 Å². The number of anilines is 1. The highest BCUT2D eigenvalue weighted by atomic mass is 16.1. The van der Waals surface area contributed by atoms with E-state index in [1.54, 1.807) is 0 Å². The maximum Gasteiger partial charge on any atom is 0.251 e. The van der Waals surface area contributed by atoms with Gasteiger partial charge in [0.2, 0.25) is 0 Å². The van der Waals surface area contributed by atoms with Crippen molar-refractivity contribution in [2.24, 2.45) is 0 Å². The number of amides is 1. The third kappa shape index (κ3) is 4.19. The summed E-state index contributed by atoms with van der Waals surface area (Å²) in [6, 6.07) is 22.9. The number of benzene rings is 3. The first-order chi connectivity index (χ1) is 14.0. The molecule has 0 fully saturated rings. The highest BCUT2D eigenvalue weighted by molar-refractivity contribution is 5.94. The summed E-state index contributed by atoms with van der Waals surface area (Å²) in [5.41, 5.74) is 8.28. The lowest BCUT2D eigenvalue weighted by atomic mass is 10.00. The second-order valence-corrected chi connectivity index (χ2v) is 8.05. The van der Waals surface area contributed by atoms with Gasteiger partial charge in [-0.25, -0.2) is 0 Å². The molecule has 1 aliphatic rings.